The molecule has 118 valence electrons. The number of rotatable bonds is 4. The number of nitrogens with one attached hydrogen (secondary N) is 1. The van der Waals surface area contributed by atoms with Gasteiger partial charge in [-0.3, -0.25) is 4.79 Å². The molecular weight excluding hydrogens is 296 g/mol. The van der Waals surface area contributed by atoms with Crippen LogP contribution in [0.3, 0.4) is 0 Å². The summed E-state index contributed by atoms with van der Waals surface area (Å²) in [6.45, 7) is 0.0771. The standard InChI is InChI=1S/C17H16N2O4/c1-23-17(22)15-12-6-5-11(16(21)18-7-9-20)10-14(12)19-8-3-2-4-13(15)19/h2-6,8,10,20H,7,9H2,1H3,(H,18,21). The van der Waals surface area contributed by atoms with E-state index in [9.17, 15) is 9.59 Å². The lowest BCUT2D eigenvalue weighted by Crippen LogP contribution is -2.26. The number of aliphatic hydroxyl groups is 1. The number of hydrogen-bond donors (Lipinski definition) is 2. The second-order valence-corrected chi connectivity index (χ2v) is 5.03. The molecule has 2 N–H and O–H groups in total. The largest absolute Gasteiger partial charge is 0.465 e. The summed E-state index contributed by atoms with van der Waals surface area (Å²) >= 11 is 0. The van der Waals surface area contributed by atoms with E-state index in [1.165, 1.54) is 7.11 Å². The van der Waals surface area contributed by atoms with E-state index in [1.54, 1.807) is 18.2 Å². The zero-order valence-electron chi connectivity index (χ0n) is 12.6. The lowest BCUT2D eigenvalue weighted by atomic mass is 10.1. The Bertz CT molecular complexity index is 898. The maximum atomic E-state index is 12.1. The van der Waals surface area contributed by atoms with Crippen LogP contribution in [0.5, 0.6) is 0 Å². The summed E-state index contributed by atoms with van der Waals surface area (Å²) in [6, 6.07) is 10.6. The van der Waals surface area contributed by atoms with Gasteiger partial charge in [-0.25, -0.2) is 4.79 Å². The van der Waals surface area contributed by atoms with Gasteiger partial charge in [0.25, 0.3) is 5.91 Å². The number of hydrogen-bond acceptors (Lipinski definition) is 4. The lowest BCUT2D eigenvalue weighted by Gasteiger charge is -2.04. The van der Waals surface area contributed by atoms with Gasteiger partial charge in [0.1, 0.15) is 0 Å². The molecule has 3 rings (SSSR count). The Labute approximate surface area is 132 Å². The first-order valence-electron chi connectivity index (χ1n) is 7.17. The second-order valence-electron chi connectivity index (χ2n) is 5.03. The van der Waals surface area contributed by atoms with Crippen LogP contribution in [0.2, 0.25) is 0 Å². The molecule has 0 aliphatic carbocycles. The van der Waals surface area contributed by atoms with Crippen LogP contribution >= 0.6 is 0 Å². The third kappa shape index (κ3) is 2.53. The number of ether oxygens (including phenoxy) is 1. The number of pyridine rings is 1. The number of methoxy groups -OCH3 is 1. The topological polar surface area (TPSA) is 80.0 Å². The zero-order valence-corrected chi connectivity index (χ0v) is 12.6. The molecule has 1 aromatic carbocycles. The summed E-state index contributed by atoms with van der Waals surface area (Å²) in [5, 5.41) is 12.1. The molecular formula is C17H16N2O4. The van der Waals surface area contributed by atoms with Crippen molar-refractivity contribution in [2.24, 2.45) is 0 Å². The number of aliphatic hydroxyl groups excluding tert-OH is 1. The van der Waals surface area contributed by atoms with Crippen LogP contribution in [0.25, 0.3) is 16.4 Å². The van der Waals surface area contributed by atoms with Gasteiger partial charge in [-0.2, -0.15) is 0 Å². The van der Waals surface area contributed by atoms with E-state index >= 15 is 0 Å². The van der Waals surface area contributed by atoms with E-state index in [2.05, 4.69) is 5.32 Å². The van der Waals surface area contributed by atoms with Crippen LogP contribution in [0, 0.1) is 0 Å². The summed E-state index contributed by atoms with van der Waals surface area (Å²) in [4.78, 5) is 24.2. The van der Waals surface area contributed by atoms with Crippen molar-refractivity contribution in [3.05, 3.63) is 53.7 Å². The highest BCUT2D eigenvalue weighted by Crippen LogP contribution is 2.28. The minimum atomic E-state index is -0.416. The van der Waals surface area contributed by atoms with Crippen molar-refractivity contribution in [1.29, 1.82) is 0 Å². The average molecular weight is 312 g/mol. The Balaban J connectivity index is 2.21. The van der Waals surface area contributed by atoms with E-state index in [-0.39, 0.29) is 19.1 Å². The van der Waals surface area contributed by atoms with E-state index in [1.807, 2.05) is 28.8 Å². The van der Waals surface area contributed by atoms with Gasteiger partial charge in [0, 0.05) is 23.7 Å². The van der Waals surface area contributed by atoms with Gasteiger partial charge >= 0.3 is 5.97 Å². The first-order valence-corrected chi connectivity index (χ1v) is 7.17. The predicted molar refractivity (Wildman–Crippen MR) is 85.7 cm³/mol. The van der Waals surface area contributed by atoms with Crippen LogP contribution < -0.4 is 5.32 Å². The number of carbonyl (C=O) groups is 2. The smallest absolute Gasteiger partial charge is 0.340 e. The molecule has 0 radical (unpaired) electrons. The number of benzene rings is 1. The Morgan fingerprint density at radius 3 is 2.78 bits per heavy atom. The van der Waals surface area contributed by atoms with Crippen LogP contribution in [0.15, 0.2) is 42.6 Å². The average Bonchev–Trinajstić information content (AvgIpc) is 2.92. The van der Waals surface area contributed by atoms with Crippen LogP contribution in [-0.4, -0.2) is 41.6 Å². The molecule has 0 aliphatic rings. The number of amides is 1. The molecule has 0 fully saturated rings. The van der Waals surface area contributed by atoms with Crippen LogP contribution in [-0.2, 0) is 4.74 Å². The van der Waals surface area contributed by atoms with E-state index in [0.717, 1.165) is 16.4 Å². The molecule has 0 spiro atoms. The molecule has 2 aromatic heterocycles. The van der Waals surface area contributed by atoms with Gasteiger partial charge in [-0.1, -0.05) is 12.1 Å². The van der Waals surface area contributed by atoms with Crippen molar-refractivity contribution < 1.29 is 19.4 Å². The first kappa shape index (κ1) is 15.1. The number of fused-ring (bicyclic) bond motifs is 3. The fourth-order valence-electron chi connectivity index (χ4n) is 2.67. The number of aromatic nitrogens is 1. The van der Waals surface area contributed by atoms with Gasteiger partial charge in [0.15, 0.2) is 0 Å². The Morgan fingerprint density at radius 2 is 2.04 bits per heavy atom. The lowest BCUT2D eigenvalue weighted by molar-refractivity contribution is 0.0605. The minimum Gasteiger partial charge on any atom is -0.465 e. The van der Waals surface area contributed by atoms with Gasteiger partial charge in [-0.15, -0.1) is 0 Å². The SMILES string of the molecule is COC(=O)c1c2ccc(C(=O)NCCO)cc2n2ccccc12. The van der Waals surface area contributed by atoms with E-state index < -0.39 is 5.97 Å². The molecule has 6 heteroatoms. The summed E-state index contributed by atoms with van der Waals surface area (Å²) in [5.74, 6) is -0.687. The minimum absolute atomic E-state index is 0.117. The van der Waals surface area contributed by atoms with E-state index in [4.69, 9.17) is 9.84 Å². The second kappa shape index (κ2) is 6.10. The monoisotopic (exact) mass is 312 g/mol. The molecule has 2 heterocycles. The summed E-state index contributed by atoms with van der Waals surface area (Å²) < 4.78 is 6.73. The highest BCUT2D eigenvalue weighted by molar-refractivity contribution is 6.12. The van der Waals surface area contributed by atoms with Crippen LogP contribution in [0.4, 0.5) is 0 Å². The molecule has 1 amide bonds. The fraction of sp³-hybridized carbons (Fsp3) is 0.176. The summed E-state index contributed by atoms with van der Waals surface area (Å²) in [7, 11) is 1.34. The third-order valence-corrected chi connectivity index (χ3v) is 3.69. The Hall–Kier alpha value is -2.86. The molecule has 0 atom stereocenters. The normalized spacial score (nSPS) is 10.9. The van der Waals surface area contributed by atoms with Crippen molar-refractivity contribution in [2.75, 3.05) is 20.3 Å². The fourth-order valence-corrected chi connectivity index (χ4v) is 2.67. The Kier molecular flexibility index (Phi) is 3.99. The molecule has 0 saturated heterocycles. The van der Waals surface area contributed by atoms with Gasteiger partial charge < -0.3 is 19.6 Å². The number of carbonyl (C=O) groups excluding carboxylic acids is 2. The molecule has 0 unspecified atom stereocenters. The molecule has 0 aliphatic heterocycles. The third-order valence-electron chi connectivity index (χ3n) is 3.69. The van der Waals surface area contributed by atoms with Crippen molar-refractivity contribution in [2.45, 2.75) is 0 Å². The number of esters is 1. The van der Waals surface area contributed by atoms with Gasteiger partial charge in [0.2, 0.25) is 0 Å². The Morgan fingerprint density at radius 1 is 1.22 bits per heavy atom. The highest BCUT2D eigenvalue weighted by Gasteiger charge is 2.19. The van der Waals surface area contributed by atoms with Crippen molar-refractivity contribution in [3.63, 3.8) is 0 Å². The predicted octanol–water partition coefficient (Wildman–Crippen LogP) is 1.60. The zero-order chi connectivity index (χ0) is 16.4. The van der Waals surface area contributed by atoms with Crippen molar-refractivity contribution in [1.82, 2.24) is 9.72 Å². The van der Waals surface area contributed by atoms with Crippen molar-refractivity contribution in [3.8, 4) is 0 Å². The van der Waals surface area contributed by atoms with Crippen LogP contribution in [0.1, 0.15) is 20.7 Å². The van der Waals surface area contributed by atoms with Gasteiger partial charge in [0.05, 0.1) is 30.3 Å². The molecule has 0 bridgehead atoms. The summed E-state index contributed by atoms with van der Waals surface area (Å²) in [5.41, 5.74) is 2.41. The van der Waals surface area contributed by atoms with Crippen molar-refractivity contribution >= 4 is 28.3 Å². The maximum Gasteiger partial charge on any atom is 0.340 e. The maximum absolute atomic E-state index is 12.1. The summed E-state index contributed by atoms with van der Waals surface area (Å²) in [6.07, 6.45) is 1.83. The first-order chi connectivity index (χ1) is 11.2. The quantitative estimate of drug-likeness (QED) is 0.717. The number of nitrogens with zero attached hydrogens (tertiary/aromatic N) is 1. The van der Waals surface area contributed by atoms with Gasteiger partial charge in [-0.05, 0) is 24.3 Å². The van der Waals surface area contributed by atoms with E-state index in [0.29, 0.717) is 11.1 Å². The molecule has 23 heavy (non-hydrogen) atoms. The highest BCUT2D eigenvalue weighted by atomic mass is 16.5. The molecule has 0 saturated carbocycles. The molecule has 6 nitrogen and oxygen atoms in total. The molecule has 3 aromatic rings.